The second-order valence-electron chi connectivity index (χ2n) is 3.02. The van der Waals surface area contributed by atoms with Gasteiger partial charge in [-0.2, -0.15) is 0 Å². The van der Waals surface area contributed by atoms with Gasteiger partial charge in [-0.3, -0.25) is 4.79 Å². The fourth-order valence-corrected chi connectivity index (χ4v) is 1.08. The van der Waals surface area contributed by atoms with Crippen LogP contribution in [0.4, 0.5) is 5.69 Å². The van der Waals surface area contributed by atoms with E-state index < -0.39 is 0 Å². The number of benzene rings is 1. The Bertz CT molecular complexity index is 261. The summed E-state index contributed by atoms with van der Waals surface area (Å²) in [7, 11) is 0. The van der Waals surface area contributed by atoms with Crippen molar-refractivity contribution >= 4 is 11.6 Å². The van der Waals surface area contributed by atoms with Gasteiger partial charge in [0.25, 0.3) is 0 Å². The molecule has 2 nitrogen and oxygen atoms in total. The fraction of sp³-hybridized carbons (Fsp3) is 0.364. The molecule has 0 saturated heterocycles. The Labute approximate surface area is 128 Å². The van der Waals surface area contributed by atoms with Gasteiger partial charge in [0.05, 0.1) is 0 Å². The van der Waals surface area contributed by atoms with Crippen LogP contribution in [-0.4, -0.2) is 5.91 Å². The molecule has 1 rings (SSSR count). The van der Waals surface area contributed by atoms with Gasteiger partial charge in [-0.05, 0) is 18.6 Å². The van der Waals surface area contributed by atoms with Crippen LogP contribution in [0.25, 0.3) is 0 Å². The van der Waals surface area contributed by atoms with Crippen molar-refractivity contribution in [1.82, 2.24) is 0 Å². The van der Waals surface area contributed by atoms with E-state index in [1.165, 1.54) is 0 Å². The zero-order chi connectivity index (χ0) is 9.52. The molecule has 0 spiro atoms. The van der Waals surface area contributed by atoms with Crippen LogP contribution in [0.3, 0.4) is 0 Å². The predicted octanol–water partition coefficient (Wildman–Crippen LogP) is -0.181. The third-order valence-electron chi connectivity index (χ3n) is 1.81. The molecule has 0 aliphatic carbocycles. The number of unbranched alkanes of at least 4 members (excludes halogenated alkanes) is 1. The number of amides is 1. The van der Waals surface area contributed by atoms with Crippen molar-refractivity contribution in [3.05, 3.63) is 30.3 Å². The number of anilines is 1. The minimum absolute atomic E-state index is 0. The van der Waals surface area contributed by atoms with Gasteiger partial charge in [0.2, 0.25) is 5.91 Å². The molecule has 1 aromatic carbocycles. The van der Waals surface area contributed by atoms with Crippen molar-refractivity contribution in [1.29, 1.82) is 0 Å². The summed E-state index contributed by atoms with van der Waals surface area (Å²) in [5.74, 6) is 0.105. The molecule has 0 atom stereocenters. The van der Waals surface area contributed by atoms with E-state index in [0.29, 0.717) is 6.42 Å². The summed E-state index contributed by atoms with van der Waals surface area (Å²) in [4.78, 5) is 11.3. The molecule has 0 unspecified atom stereocenters. The number of nitrogens with one attached hydrogen (secondary N) is 1. The van der Waals surface area contributed by atoms with E-state index in [9.17, 15) is 4.79 Å². The molecular weight excluding hydrogens is 201 g/mol. The zero-order valence-electron chi connectivity index (χ0n) is 8.92. The molecule has 3 heteroatoms. The molecule has 0 aromatic heterocycles. The van der Waals surface area contributed by atoms with E-state index in [4.69, 9.17) is 0 Å². The Morgan fingerprint density at radius 1 is 1.29 bits per heavy atom. The fourth-order valence-electron chi connectivity index (χ4n) is 1.08. The van der Waals surface area contributed by atoms with Crippen LogP contribution in [0.5, 0.6) is 0 Å². The van der Waals surface area contributed by atoms with Gasteiger partial charge in [0.15, 0.2) is 0 Å². The molecule has 14 heavy (non-hydrogen) atoms. The Morgan fingerprint density at radius 3 is 2.50 bits per heavy atom. The number of rotatable bonds is 4. The minimum Gasteiger partial charge on any atom is -0.326 e. The molecule has 0 bridgehead atoms. The van der Waals surface area contributed by atoms with E-state index in [1.807, 2.05) is 30.3 Å². The van der Waals surface area contributed by atoms with Gasteiger partial charge in [0, 0.05) is 12.1 Å². The summed E-state index contributed by atoms with van der Waals surface area (Å²) in [5, 5.41) is 2.84. The SMILES string of the molecule is CCCCC(=O)Nc1ccccc1.[K+]. The quantitative estimate of drug-likeness (QED) is 0.695. The minimum atomic E-state index is 0. The monoisotopic (exact) mass is 216 g/mol. The largest absolute Gasteiger partial charge is 1.00 e. The van der Waals surface area contributed by atoms with Gasteiger partial charge in [-0.1, -0.05) is 31.5 Å². The second-order valence-corrected chi connectivity index (χ2v) is 3.02. The molecular formula is C11H15KNO+. The third-order valence-corrected chi connectivity index (χ3v) is 1.81. The van der Waals surface area contributed by atoms with Gasteiger partial charge in [0.1, 0.15) is 0 Å². The molecule has 1 N–H and O–H groups in total. The van der Waals surface area contributed by atoms with Gasteiger partial charge >= 0.3 is 51.4 Å². The normalized spacial score (nSPS) is 8.93. The summed E-state index contributed by atoms with van der Waals surface area (Å²) in [5.41, 5.74) is 0.878. The first-order valence-electron chi connectivity index (χ1n) is 4.68. The molecule has 0 saturated carbocycles. The predicted molar refractivity (Wildman–Crippen MR) is 54.6 cm³/mol. The first-order chi connectivity index (χ1) is 6.33. The summed E-state index contributed by atoms with van der Waals surface area (Å²) >= 11 is 0. The molecule has 1 amide bonds. The van der Waals surface area contributed by atoms with Crippen molar-refractivity contribution < 1.29 is 56.2 Å². The summed E-state index contributed by atoms with van der Waals surface area (Å²) < 4.78 is 0. The van der Waals surface area contributed by atoms with Crippen LogP contribution in [0.1, 0.15) is 26.2 Å². The van der Waals surface area contributed by atoms with E-state index in [1.54, 1.807) is 0 Å². The third kappa shape index (κ3) is 5.93. The smallest absolute Gasteiger partial charge is 0.326 e. The Kier molecular flexibility index (Phi) is 8.82. The van der Waals surface area contributed by atoms with Gasteiger partial charge in [-0.15, -0.1) is 0 Å². The number of carbonyl (C=O) groups excluding carboxylic acids is 1. The molecule has 0 aliphatic heterocycles. The van der Waals surface area contributed by atoms with Crippen molar-refractivity contribution in [3.63, 3.8) is 0 Å². The number of carbonyl (C=O) groups is 1. The molecule has 1 aromatic rings. The average Bonchev–Trinajstić information content (AvgIpc) is 2.16. The zero-order valence-corrected chi connectivity index (χ0v) is 12.0. The van der Waals surface area contributed by atoms with Crippen LogP contribution >= 0.6 is 0 Å². The summed E-state index contributed by atoms with van der Waals surface area (Å²) in [6.07, 6.45) is 2.63. The van der Waals surface area contributed by atoms with Crippen LogP contribution in [-0.2, 0) is 4.79 Å². The molecule has 70 valence electrons. The first-order valence-corrected chi connectivity index (χ1v) is 4.68. The maximum atomic E-state index is 11.3. The average molecular weight is 216 g/mol. The van der Waals surface area contributed by atoms with Crippen LogP contribution in [0.15, 0.2) is 30.3 Å². The number of para-hydroxylation sites is 1. The summed E-state index contributed by atoms with van der Waals surface area (Å²) in [6, 6.07) is 9.54. The van der Waals surface area contributed by atoms with Crippen LogP contribution in [0, 0.1) is 0 Å². The number of hydrogen-bond donors (Lipinski definition) is 1. The Hall–Kier alpha value is 0.326. The molecule has 0 heterocycles. The first kappa shape index (κ1) is 14.3. The van der Waals surface area contributed by atoms with Crippen LogP contribution < -0.4 is 56.7 Å². The molecule has 0 radical (unpaired) electrons. The van der Waals surface area contributed by atoms with Gasteiger partial charge in [-0.25, -0.2) is 0 Å². The van der Waals surface area contributed by atoms with E-state index in [-0.39, 0.29) is 57.3 Å². The number of hydrogen-bond acceptors (Lipinski definition) is 1. The molecule has 0 fully saturated rings. The van der Waals surface area contributed by atoms with E-state index in [0.717, 1.165) is 18.5 Å². The van der Waals surface area contributed by atoms with Crippen LogP contribution in [0.2, 0.25) is 0 Å². The standard InChI is InChI=1S/C11H15NO.K/c1-2-3-9-11(13)12-10-7-5-4-6-8-10;/h4-8H,2-3,9H2,1H3,(H,12,13);/q;+1. The Balaban J connectivity index is 0.00000169. The topological polar surface area (TPSA) is 29.1 Å². The Morgan fingerprint density at radius 2 is 1.93 bits per heavy atom. The molecule has 0 aliphatic rings. The second kappa shape index (κ2) is 8.62. The maximum Gasteiger partial charge on any atom is 1.00 e. The van der Waals surface area contributed by atoms with E-state index in [2.05, 4.69) is 12.2 Å². The van der Waals surface area contributed by atoms with Crippen molar-refractivity contribution in [2.24, 2.45) is 0 Å². The van der Waals surface area contributed by atoms with Crippen molar-refractivity contribution in [2.45, 2.75) is 26.2 Å². The maximum absolute atomic E-state index is 11.3. The van der Waals surface area contributed by atoms with E-state index >= 15 is 0 Å². The van der Waals surface area contributed by atoms with Gasteiger partial charge < -0.3 is 5.32 Å². The van der Waals surface area contributed by atoms with Crippen molar-refractivity contribution in [2.75, 3.05) is 5.32 Å². The van der Waals surface area contributed by atoms with Crippen molar-refractivity contribution in [3.8, 4) is 0 Å². The summed E-state index contributed by atoms with van der Waals surface area (Å²) in [6.45, 7) is 2.08.